The predicted molar refractivity (Wildman–Crippen MR) is 78.9 cm³/mol. The van der Waals surface area contributed by atoms with E-state index in [1.807, 2.05) is 37.4 Å². The first-order chi connectivity index (χ1) is 9.66. The molecule has 1 aliphatic heterocycles. The third-order valence-electron chi connectivity index (χ3n) is 4.28. The molecule has 4 nitrogen and oxygen atoms in total. The van der Waals surface area contributed by atoms with Gasteiger partial charge >= 0.3 is 0 Å². The summed E-state index contributed by atoms with van der Waals surface area (Å²) in [6, 6.07) is 7.73. The number of H-pyrrole nitrogens is 1. The summed E-state index contributed by atoms with van der Waals surface area (Å²) in [5.41, 5.74) is 1.76. The highest BCUT2D eigenvalue weighted by Crippen LogP contribution is 2.22. The van der Waals surface area contributed by atoms with Crippen molar-refractivity contribution < 1.29 is 9.90 Å². The summed E-state index contributed by atoms with van der Waals surface area (Å²) >= 11 is 0. The number of likely N-dealkylation sites (tertiary alicyclic amines) is 1. The zero-order valence-electron chi connectivity index (χ0n) is 11.7. The molecule has 2 heterocycles. The standard InChI is InChI=1S/C16H20N2O2/c1-11(18-8-6-12(19)7-9-18)16(20)14-10-17-15-5-3-2-4-13(14)15/h2-5,10-12,17,19H,6-9H2,1H3/t11-/m0/s1. The Labute approximate surface area is 118 Å². The van der Waals surface area contributed by atoms with E-state index in [9.17, 15) is 9.90 Å². The van der Waals surface area contributed by atoms with Gasteiger partial charge in [-0.3, -0.25) is 9.69 Å². The number of ketones is 1. The van der Waals surface area contributed by atoms with Crippen molar-refractivity contribution in [1.29, 1.82) is 0 Å². The molecular formula is C16H20N2O2. The van der Waals surface area contributed by atoms with Crippen LogP contribution in [0.5, 0.6) is 0 Å². The normalized spacial score (nSPS) is 19.3. The number of para-hydroxylation sites is 1. The molecule has 0 radical (unpaired) electrons. The highest BCUT2D eigenvalue weighted by molar-refractivity contribution is 6.10. The number of aliphatic hydroxyl groups is 1. The lowest BCUT2D eigenvalue weighted by Gasteiger charge is -2.33. The number of nitrogens with zero attached hydrogens (tertiary/aromatic N) is 1. The number of piperidine rings is 1. The van der Waals surface area contributed by atoms with E-state index in [4.69, 9.17) is 0 Å². The Bertz CT molecular complexity index is 612. The van der Waals surface area contributed by atoms with Crippen LogP contribution in [-0.4, -0.2) is 46.0 Å². The van der Waals surface area contributed by atoms with Crippen LogP contribution in [0.15, 0.2) is 30.5 Å². The molecule has 0 unspecified atom stereocenters. The molecule has 1 atom stereocenters. The lowest BCUT2D eigenvalue weighted by Crippen LogP contribution is -2.45. The van der Waals surface area contributed by atoms with Gasteiger partial charge in [-0.25, -0.2) is 0 Å². The quantitative estimate of drug-likeness (QED) is 0.842. The number of carbonyl (C=O) groups excluding carboxylic acids is 1. The monoisotopic (exact) mass is 272 g/mol. The van der Waals surface area contributed by atoms with Crippen LogP contribution in [0.4, 0.5) is 0 Å². The summed E-state index contributed by atoms with van der Waals surface area (Å²) in [6.07, 6.45) is 3.11. The van der Waals surface area contributed by atoms with Gasteiger partial charge in [0, 0.05) is 35.8 Å². The van der Waals surface area contributed by atoms with Gasteiger partial charge in [0.25, 0.3) is 0 Å². The fourth-order valence-electron chi connectivity index (χ4n) is 2.94. The number of rotatable bonds is 3. The van der Waals surface area contributed by atoms with Crippen molar-refractivity contribution in [2.45, 2.75) is 31.9 Å². The van der Waals surface area contributed by atoms with E-state index in [1.54, 1.807) is 0 Å². The first kappa shape index (κ1) is 13.3. The van der Waals surface area contributed by atoms with Crippen molar-refractivity contribution in [3.63, 3.8) is 0 Å². The van der Waals surface area contributed by atoms with Gasteiger partial charge in [-0.1, -0.05) is 18.2 Å². The highest BCUT2D eigenvalue weighted by Gasteiger charge is 2.27. The average molecular weight is 272 g/mol. The van der Waals surface area contributed by atoms with Crippen molar-refractivity contribution in [3.8, 4) is 0 Å². The number of benzene rings is 1. The maximum atomic E-state index is 12.7. The van der Waals surface area contributed by atoms with E-state index in [0.29, 0.717) is 0 Å². The van der Waals surface area contributed by atoms with Crippen molar-refractivity contribution in [2.75, 3.05) is 13.1 Å². The number of aromatic amines is 1. The highest BCUT2D eigenvalue weighted by atomic mass is 16.3. The molecule has 1 aliphatic rings. The van der Waals surface area contributed by atoms with Gasteiger partial charge in [-0.15, -0.1) is 0 Å². The summed E-state index contributed by atoms with van der Waals surface area (Å²) in [5, 5.41) is 10.5. The number of carbonyl (C=O) groups is 1. The Hall–Kier alpha value is -1.65. The molecule has 1 fully saturated rings. The molecular weight excluding hydrogens is 252 g/mol. The maximum Gasteiger partial charge on any atom is 0.181 e. The minimum atomic E-state index is -0.207. The molecule has 2 aromatic rings. The molecule has 0 spiro atoms. The summed E-state index contributed by atoms with van der Waals surface area (Å²) in [5.74, 6) is 0.152. The number of fused-ring (bicyclic) bond motifs is 1. The molecule has 0 bridgehead atoms. The van der Waals surface area contributed by atoms with Crippen molar-refractivity contribution in [1.82, 2.24) is 9.88 Å². The number of hydrogen-bond acceptors (Lipinski definition) is 3. The van der Waals surface area contributed by atoms with E-state index < -0.39 is 0 Å². The number of aromatic nitrogens is 1. The van der Waals surface area contributed by atoms with Crippen molar-refractivity contribution in [3.05, 3.63) is 36.0 Å². The smallest absolute Gasteiger partial charge is 0.181 e. The fraction of sp³-hybridized carbons (Fsp3) is 0.438. The summed E-state index contributed by atoms with van der Waals surface area (Å²) in [7, 11) is 0. The second-order valence-electron chi connectivity index (χ2n) is 5.56. The second kappa shape index (κ2) is 5.38. The Morgan fingerprint density at radius 2 is 2.05 bits per heavy atom. The van der Waals surface area contributed by atoms with E-state index in [2.05, 4.69) is 9.88 Å². The number of nitrogens with one attached hydrogen (secondary N) is 1. The van der Waals surface area contributed by atoms with Crippen LogP contribution in [-0.2, 0) is 0 Å². The third kappa shape index (κ3) is 2.37. The maximum absolute atomic E-state index is 12.7. The molecule has 1 aromatic heterocycles. The van der Waals surface area contributed by atoms with Crippen LogP contribution in [0.1, 0.15) is 30.1 Å². The predicted octanol–water partition coefficient (Wildman–Crippen LogP) is 2.20. The Morgan fingerprint density at radius 1 is 1.35 bits per heavy atom. The fourth-order valence-corrected chi connectivity index (χ4v) is 2.94. The number of Topliss-reactive ketones (excluding diaryl/α,β-unsaturated/α-hetero) is 1. The molecule has 4 heteroatoms. The van der Waals surface area contributed by atoms with Crippen molar-refractivity contribution >= 4 is 16.7 Å². The molecule has 20 heavy (non-hydrogen) atoms. The van der Waals surface area contributed by atoms with E-state index in [1.165, 1.54) is 0 Å². The molecule has 2 N–H and O–H groups in total. The van der Waals surface area contributed by atoms with Crippen LogP contribution in [0.25, 0.3) is 10.9 Å². The van der Waals surface area contributed by atoms with Gasteiger partial charge in [0.2, 0.25) is 0 Å². The Balaban J connectivity index is 1.81. The topological polar surface area (TPSA) is 56.3 Å². The lowest BCUT2D eigenvalue weighted by atomic mass is 10.00. The minimum absolute atomic E-state index is 0.137. The molecule has 106 valence electrons. The minimum Gasteiger partial charge on any atom is -0.393 e. The average Bonchev–Trinajstić information content (AvgIpc) is 2.90. The molecule has 0 saturated carbocycles. The first-order valence-corrected chi connectivity index (χ1v) is 7.19. The summed E-state index contributed by atoms with van der Waals surface area (Å²) in [4.78, 5) is 18.0. The van der Waals surface area contributed by atoms with Crippen LogP contribution in [0.3, 0.4) is 0 Å². The van der Waals surface area contributed by atoms with Crippen LogP contribution >= 0.6 is 0 Å². The Morgan fingerprint density at radius 3 is 2.80 bits per heavy atom. The van der Waals surface area contributed by atoms with Crippen LogP contribution < -0.4 is 0 Å². The van der Waals surface area contributed by atoms with Gasteiger partial charge < -0.3 is 10.1 Å². The molecule has 1 aromatic carbocycles. The second-order valence-corrected chi connectivity index (χ2v) is 5.56. The Kier molecular flexibility index (Phi) is 3.59. The van der Waals surface area contributed by atoms with Crippen molar-refractivity contribution in [2.24, 2.45) is 0 Å². The third-order valence-corrected chi connectivity index (χ3v) is 4.28. The number of aliphatic hydroxyl groups excluding tert-OH is 1. The van der Waals surface area contributed by atoms with E-state index in [0.717, 1.165) is 42.4 Å². The van der Waals surface area contributed by atoms with E-state index in [-0.39, 0.29) is 17.9 Å². The lowest BCUT2D eigenvalue weighted by molar-refractivity contribution is 0.0550. The zero-order valence-corrected chi connectivity index (χ0v) is 11.7. The van der Waals surface area contributed by atoms with Crippen LogP contribution in [0, 0.1) is 0 Å². The molecule has 1 saturated heterocycles. The summed E-state index contributed by atoms with van der Waals surface area (Å²) in [6.45, 7) is 3.54. The number of hydrogen-bond donors (Lipinski definition) is 2. The molecule has 0 aliphatic carbocycles. The van der Waals surface area contributed by atoms with Crippen LogP contribution in [0.2, 0.25) is 0 Å². The van der Waals surface area contributed by atoms with Gasteiger partial charge in [0.05, 0.1) is 12.1 Å². The summed E-state index contributed by atoms with van der Waals surface area (Å²) < 4.78 is 0. The largest absolute Gasteiger partial charge is 0.393 e. The molecule has 3 rings (SSSR count). The van der Waals surface area contributed by atoms with Gasteiger partial charge in [-0.05, 0) is 25.8 Å². The van der Waals surface area contributed by atoms with E-state index >= 15 is 0 Å². The van der Waals surface area contributed by atoms with Gasteiger partial charge in [-0.2, -0.15) is 0 Å². The van der Waals surface area contributed by atoms with Gasteiger partial charge in [0.1, 0.15) is 0 Å². The SMILES string of the molecule is C[C@@H](C(=O)c1c[nH]c2ccccc12)N1CCC(O)CC1. The zero-order chi connectivity index (χ0) is 14.1. The van der Waals surface area contributed by atoms with Gasteiger partial charge in [0.15, 0.2) is 5.78 Å². The first-order valence-electron chi connectivity index (χ1n) is 7.19. The molecule has 0 amide bonds.